The Morgan fingerprint density at radius 2 is 2.29 bits per heavy atom. The van der Waals surface area contributed by atoms with E-state index in [1.165, 1.54) is 11.3 Å². The lowest BCUT2D eigenvalue weighted by atomic mass is 10.2. The number of ether oxygens (including phenoxy) is 1. The van der Waals surface area contributed by atoms with Crippen LogP contribution in [-0.4, -0.2) is 67.6 Å². The normalized spacial score (nSPS) is 19.0. The first-order chi connectivity index (χ1) is 9.95. The van der Waals surface area contributed by atoms with E-state index in [0.717, 1.165) is 9.75 Å². The van der Waals surface area contributed by atoms with Gasteiger partial charge in [-0.05, 0) is 26.1 Å². The van der Waals surface area contributed by atoms with Crippen molar-refractivity contribution in [2.45, 2.75) is 13.0 Å². The van der Waals surface area contributed by atoms with Crippen molar-refractivity contribution in [1.82, 2.24) is 9.80 Å². The minimum absolute atomic E-state index is 0.0546. The summed E-state index contributed by atoms with van der Waals surface area (Å²) >= 11 is 1.51. The number of thiophene rings is 1. The van der Waals surface area contributed by atoms with Gasteiger partial charge >= 0.3 is 0 Å². The zero-order valence-corrected chi connectivity index (χ0v) is 13.2. The Kier molecular flexibility index (Phi) is 5.33. The van der Waals surface area contributed by atoms with Crippen LogP contribution in [0.4, 0.5) is 0 Å². The van der Waals surface area contributed by atoms with Gasteiger partial charge in [-0.25, -0.2) is 0 Å². The second kappa shape index (κ2) is 7.02. The molecular formula is C14H21N3O3S. The van der Waals surface area contributed by atoms with Gasteiger partial charge in [0.15, 0.2) is 0 Å². The van der Waals surface area contributed by atoms with Crippen LogP contribution in [0.2, 0.25) is 0 Å². The topological polar surface area (TPSA) is 75.9 Å². The van der Waals surface area contributed by atoms with E-state index in [1.54, 1.807) is 0 Å². The maximum absolute atomic E-state index is 12.4. The summed E-state index contributed by atoms with van der Waals surface area (Å²) in [6, 6.07) is 3.82. The quantitative estimate of drug-likeness (QED) is 0.849. The molecule has 2 heterocycles. The van der Waals surface area contributed by atoms with Crippen LogP contribution in [0.5, 0.6) is 0 Å². The molecule has 1 aliphatic heterocycles. The third kappa shape index (κ3) is 4.52. The van der Waals surface area contributed by atoms with Gasteiger partial charge in [0.05, 0.1) is 24.1 Å². The molecule has 1 aliphatic rings. The smallest absolute Gasteiger partial charge is 0.264 e. The highest BCUT2D eigenvalue weighted by molar-refractivity contribution is 7.13. The number of hydrogen-bond acceptors (Lipinski definition) is 5. The number of aryl methyl sites for hydroxylation is 1. The molecule has 0 aromatic carbocycles. The Labute approximate surface area is 128 Å². The van der Waals surface area contributed by atoms with Crippen LogP contribution < -0.4 is 5.73 Å². The molecule has 1 saturated heterocycles. The van der Waals surface area contributed by atoms with E-state index in [-0.39, 0.29) is 24.5 Å². The minimum atomic E-state index is -0.365. The number of morpholine rings is 1. The average molecular weight is 311 g/mol. The zero-order valence-electron chi connectivity index (χ0n) is 12.4. The third-order valence-electron chi connectivity index (χ3n) is 3.32. The van der Waals surface area contributed by atoms with Crippen molar-refractivity contribution in [2.75, 3.05) is 39.8 Å². The number of nitrogens with zero attached hydrogens (tertiary/aromatic N) is 2. The van der Waals surface area contributed by atoms with Gasteiger partial charge in [-0.15, -0.1) is 11.3 Å². The van der Waals surface area contributed by atoms with Crippen LogP contribution in [0.15, 0.2) is 12.1 Å². The fourth-order valence-corrected chi connectivity index (χ4v) is 3.23. The Morgan fingerprint density at radius 3 is 2.90 bits per heavy atom. The molecule has 2 rings (SSSR count). The first-order valence-electron chi connectivity index (χ1n) is 6.90. The maximum Gasteiger partial charge on any atom is 0.264 e. The lowest BCUT2D eigenvalue weighted by molar-refractivity contribution is -0.119. The summed E-state index contributed by atoms with van der Waals surface area (Å²) in [5.74, 6) is -0.311. The van der Waals surface area contributed by atoms with Crippen molar-refractivity contribution in [3.63, 3.8) is 0 Å². The van der Waals surface area contributed by atoms with Gasteiger partial charge < -0.3 is 15.4 Å². The third-order valence-corrected chi connectivity index (χ3v) is 4.31. The summed E-state index contributed by atoms with van der Waals surface area (Å²) in [6.45, 7) is 4.42. The molecule has 7 heteroatoms. The molecule has 1 fully saturated rings. The molecule has 116 valence electrons. The summed E-state index contributed by atoms with van der Waals surface area (Å²) in [5.41, 5.74) is 5.17. The maximum atomic E-state index is 12.4. The zero-order chi connectivity index (χ0) is 15.4. The summed E-state index contributed by atoms with van der Waals surface area (Å²) in [4.78, 5) is 28.8. The summed E-state index contributed by atoms with van der Waals surface area (Å²) in [6.07, 6.45) is -0.0897. The molecule has 0 saturated carbocycles. The van der Waals surface area contributed by atoms with E-state index in [9.17, 15) is 9.59 Å². The van der Waals surface area contributed by atoms with Gasteiger partial charge in [0.25, 0.3) is 5.91 Å². The predicted octanol–water partition coefficient (Wildman–Crippen LogP) is 0.315. The molecule has 2 amide bonds. The molecule has 1 aromatic rings. The van der Waals surface area contributed by atoms with E-state index < -0.39 is 0 Å². The summed E-state index contributed by atoms with van der Waals surface area (Å²) in [5, 5.41) is 0. The lowest BCUT2D eigenvalue weighted by Crippen LogP contribution is -2.49. The van der Waals surface area contributed by atoms with Crippen molar-refractivity contribution in [1.29, 1.82) is 0 Å². The highest BCUT2D eigenvalue weighted by Gasteiger charge is 2.26. The molecule has 1 aromatic heterocycles. The van der Waals surface area contributed by atoms with Gasteiger partial charge in [-0.1, -0.05) is 0 Å². The first kappa shape index (κ1) is 15.9. The van der Waals surface area contributed by atoms with Crippen LogP contribution in [0.1, 0.15) is 14.5 Å². The molecule has 0 spiro atoms. The Bertz CT molecular complexity index is 517. The first-order valence-corrected chi connectivity index (χ1v) is 7.71. The van der Waals surface area contributed by atoms with Gasteiger partial charge in [0.2, 0.25) is 5.91 Å². The molecule has 0 aliphatic carbocycles. The number of rotatable bonds is 5. The molecule has 0 bridgehead atoms. The molecule has 6 nitrogen and oxygen atoms in total. The van der Waals surface area contributed by atoms with E-state index in [1.807, 2.05) is 35.9 Å². The second-order valence-corrected chi connectivity index (χ2v) is 6.61. The predicted molar refractivity (Wildman–Crippen MR) is 81.4 cm³/mol. The molecule has 2 N–H and O–H groups in total. The monoisotopic (exact) mass is 311 g/mol. The van der Waals surface area contributed by atoms with Gasteiger partial charge in [-0.3, -0.25) is 14.5 Å². The van der Waals surface area contributed by atoms with Crippen molar-refractivity contribution in [3.8, 4) is 0 Å². The molecule has 21 heavy (non-hydrogen) atoms. The van der Waals surface area contributed by atoms with E-state index >= 15 is 0 Å². The van der Waals surface area contributed by atoms with Crippen LogP contribution in [0.3, 0.4) is 0 Å². The largest absolute Gasteiger partial charge is 0.373 e. The van der Waals surface area contributed by atoms with Gasteiger partial charge in [-0.2, -0.15) is 0 Å². The Morgan fingerprint density at radius 1 is 1.52 bits per heavy atom. The van der Waals surface area contributed by atoms with Crippen molar-refractivity contribution < 1.29 is 14.3 Å². The Hall–Kier alpha value is -1.44. The van der Waals surface area contributed by atoms with Crippen LogP contribution in [0, 0.1) is 6.92 Å². The number of primary amides is 1. The van der Waals surface area contributed by atoms with Crippen LogP contribution >= 0.6 is 11.3 Å². The highest BCUT2D eigenvalue weighted by atomic mass is 32.1. The van der Waals surface area contributed by atoms with Crippen LogP contribution in [0.25, 0.3) is 0 Å². The SMILES string of the molecule is Cc1ccc(C(=O)N2CCO[C@@H](CN(C)CC(N)=O)C2)s1. The fraction of sp³-hybridized carbons (Fsp3) is 0.571. The fourth-order valence-electron chi connectivity index (χ4n) is 2.40. The minimum Gasteiger partial charge on any atom is -0.373 e. The lowest BCUT2D eigenvalue weighted by Gasteiger charge is -2.34. The average Bonchev–Trinajstić information content (AvgIpc) is 2.84. The van der Waals surface area contributed by atoms with E-state index in [4.69, 9.17) is 10.5 Å². The standard InChI is InChI=1S/C14H21N3O3S/c1-10-3-4-12(21-10)14(19)17-5-6-20-11(8-17)7-16(2)9-13(15)18/h3-4,11H,5-9H2,1-2H3,(H2,15,18)/t11-/m0/s1. The molecular weight excluding hydrogens is 290 g/mol. The highest BCUT2D eigenvalue weighted by Crippen LogP contribution is 2.19. The van der Waals surface area contributed by atoms with Gasteiger partial charge in [0.1, 0.15) is 0 Å². The van der Waals surface area contributed by atoms with Gasteiger partial charge in [0, 0.05) is 24.5 Å². The van der Waals surface area contributed by atoms with Crippen molar-refractivity contribution in [3.05, 3.63) is 21.9 Å². The second-order valence-electron chi connectivity index (χ2n) is 5.32. The number of carbonyl (C=O) groups is 2. The van der Waals surface area contributed by atoms with E-state index in [0.29, 0.717) is 26.2 Å². The number of likely N-dealkylation sites (N-methyl/N-ethyl adjacent to an activating group) is 1. The van der Waals surface area contributed by atoms with E-state index in [2.05, 4.69) is 0 Å². The molecule has 1 atom stereocenters. The number of carbonyl (C=O) groups excluding carboxylic acids is 2. The molecule has 0 radical (unpaired) electrons. The van der Waals surface area contributed by atoms with Crippen LogP contribution in [-0.2, 0) is 9.53 Å². The summed E-state index contributed by atoms with van der Waals surface area (Å²) in [7, 11) is 1.82. The van der Waals surface area contributed by atoms with Crippen molar-refractivity contribution in [2.24, 2.45) is 5.73 Å². The number of nitrogens with two attached hydrogens (primary N) is 1. The van der Waals surface area contributed by atoms with Crippen molar-refractivity contribution >= 4 is 23.2 Å². The number of hydrogen-bond donors (Lipinski definition) is 1. The summed E-state index contributed by atoms with van der Waals surface area (Å²) < 4.78 is 5.67. The molecule has 0 unspecified atom stereocenters. The number of amides is 2. The Balaban J connectivity index is 1.91.